The Balaban J connectivity index is 1.72. The minimum absolute atomic E-state index is 0.721. The van der Waals surface area contributed by atoms with Crippen LogP contribution in [0.5, 0.6) is 0 Å². The lowest BCUT2D eigenvalue weighted by molar-refractivity contribution is 0.447. The highest BCUT2D eigenvalue weighted by Crippen LogP contribution is 2.35. The lowest BCUT2D eigenvalue weighted by Crippen LogP contribution is -2.34. The highest BCUT2D eigenvalue weighted by atomic mass is 32.2. The SMILES string of the molecule is CNSc1ccc(N2CCCC(C)C2)c(Nc2ncnc3[nH]ccc23)c1. The van der Waals surface area contributed by atoms with Crippen LogP contribution >= 0.6 is 11.9 Å². The molecule has 26 heavy (non-hydrogen) atoms. The second kappa shape index (κ2) is 7.55. The van der Waals surface area contributed by atoms with Crippen LogP contribution < -0.4 is 14.9 Å². The van der Waals surface area contributed by atoms with Crippen LogP contribution in [-0.2, 0) is 0 Å². The van der Waals surface area contributed by atoms with E-state index in [2.05, 4.69) is 55.0 Å². The molecule has 1 aromatic carbocycles. The molecule has 4 rings (SSSR count). The van der Waals surface area contributed by atoms with Gasteiger partial charge >= 0.3 is 0 Å². The van der Waals surface area contributed by atoms with Gasteiger partial charge in [0.15, 0.2) is 0 Å². The largest absolute Gasteiger partial charge is 0.370 e. The van der Waals surface area contributed by atoms with Gasteiger partial charge in [-0.15, -0.1) is 0 Å². The normalized spacial score (nSPS) is 17.6. The first kappa shape index (κ1) is 17.2. The molecule has 0 saturated carbocycles. The zero-order chi connectivity index (χ0) is 17.9. The lowest BCUT2D eigenvalue weighted by atomic mass is 9.99. The molecule has 6 nitrogen and oxygen atoms in total. The summed E-state index contributed by atoms with van der Waals surface area (Å²) in [6.45, 7) is 4.52. The van der Waals surface area contributed by atoms with E-state index in [1.165, 1.54) is 23.4 Å². The van der Waals surface area contributed by atoms with Gasteiger partial charge in [-0.25, -0.2) is 9.97 Å². The monoisotopic (exact) mass is 368 g/mol. The quantitative estimate of drug-likeness (QED) is 0.588. The zero-order valence-corrected chi connectivity index (χ0v) is 15.9. The molecule has 136 valence electrons. The van der Waals surface area contributed by atoms with Crippen LogP contribution in [0.1, 0.15) is 19.8 Å². The molecule has 1 saturated heterocycles. The number of rotatable bonds is 5. The average molecular weight is 369 g/mol. The van der Waals surface area contributed by atoms with Crippen molar-refractivity contribution in [2.24, 2.45) is 5.92 Å². The van der Waals surface area contributed by atoms with Gasteiger partial charge in [-0.2, -0.15) is 0 Å². The molecule has 0 amide bonds. The van der Waals surface area contributed by atoms with Gasteiger partial charge in [-0.1, -0.05) is 6.92 Å². The first-order chi connectivity index (χ1) is 12.7. The molecule has 2 aromatic heterocycles. The van der Waals surface area contributed by atoms with Gasteiger partial charge in [0.05, 0.1) is 16.8 Å². The summed E-state index contributed by atoms with van der Waals surface area (Å²) in [6, 6.07) is 8.59. The first-order valence-electron chi connectivity index (χ1n) is 9.02. The van der Waals surface area contributed by atoms with Gasteiger partial charge in [0.25, 0.3) is 0 Å². The molecule has 1 aliphatic heterocycles. The Morgan fingerprint density at radius 3 is 3.04 bits per heavy atom. The fourth-order valence-electron chi connectivity index (χ4n) is 3.58. The standard InChI is InChI=1S/C19H24N6S/c1-13-4-3-9-25(11-13)17-6-5-14(26-20-2)10-16(17)24-19-15-7-8-21-18(15)22-12-23-19/h5-8,10,12-13,20H,3-4,9,11H2,1-2H3,(H2,21,22,23,24). The highest BCUT2D eigenvalue weighted by molar-refractivity contribution is 7.97. The van der Waals surface area contributed by atoms with Gasteiger partial charge in [0.2, 0.25) is 0 Å². The Bertz CT molecular complexity index is 893. The molecule has 1 atom stereocenters. The number of benzene rings is 1. The molecule has 1 unspecified atom stereocenters. The van der Waals surface area contributed by atoms with Crippen molar-refractivity contribution in [2.75, 3.05) is 30.4 Å². The van der Waals surface area contributed by atoms with Crippen LogP contribution in [0.3, 0.4) is 0 Å². The summed E-state index contributed by atoms with van der Waals surface area (Å²) < 4.78 is 3.15. The van der Waals surface area contributed by atoms with Crippen molar-refractivity contribution < 1.29 is 0 Å². The van der Waals surface area contributed by atoms with Crippen molar-refractivity contribution in [1.29, 1.82) is 0 Å². The van der Waals surface area contributed by atoms with E-state index in [0.29, 0.717) is 0 Å². The molecular formula is C19H24N6S. The fourth-order valence-corrected chi connectivity index (χ4v) is 4.13. The maximum Gasteiger partial charge on any atom is 0.143 e. The van der Waals surface area contributed by atoms with E-state index in [1.807, 2.05) is 19.3 Å². The summed E-state index contributed by atoms with van der Waals surface area (Å²) >= 11 is 1.61. The average Bonchev–Trinajstić information content (AvgIpc) is 3.12. The third-order valence-corrected chi connectivity index (χ3v) is 5.49. The molecule has 0 spiro atoms. The molecule has 0 aliphatic carbocycles. The Labute approximate surface area is 157 Å². The summed E-state index contributed by atoms with van der Waals surface area (Å²) in [4.78, 5) is 15.6. The summed E-state index contributed by atoms with van der Waals surface area (Å²) in [7, 11) is 1.94. The van der Waals surface area contributed by atoms with E-state index in [9.17, 15) is 0 Å². The molecule has 7 heteroatoms. The van der Waals surface area contributed by atoms with Crippen molar-refractivity contribution in [3.63, 3.8) is 0 Å². The molecule has 3 heterocycles. The minimum Gasteiger partial charge on any atom is -0.370 e. The van der Waals surface area contributed by atoms with Gasteiger partial charge in [-0.3, -0.25) is 4.72 Å². The molecule has 3 N–H and O–H groups in total. The maximum absolute atomic E-state index is 4.47. The van der Waals surface area contributed by atoms with E-state index in [1.54, 1.807) is 18.3 Å². The van der Waals surface area contributed by atoms with Crippen molar-refractivity contribution in [1.82, 2.24) is 19.7 Å². The van der Waals surface area contributed by atoms with E-state index in [4.69, 9.17) is 0 Å². The topological polar surface area (TPSA) is 68.9 Å². The Morgan fingerprint density at radius 1 is 1.27 bits per heavy atom. The Hall–Kier alpha value is -2.25. The second-order valence-corrected chi connectivity index (χ2v) is 7.85. The van der Waals surface area contributed by atoms with E-state index < -0.39 is 0 Å². The zero-order valence-electron chi connectivity index (χ0n) is 15.1. The molecular weight excluding hydrogens is 344 g/mol. The summed E-state index contributed by atoms with van der Waals surface area (Å²) in [5.41, 5.74) is 3.16. The van der Waals surface area contributed by atoms with Crippen molar-refractivity contribution in [2.45, 2.75) is 24.7 Å². The number of nitrogens with one attached hydrogen (secondary N) is 3. The number of H-pyrrole nitrogens is 1. The molecule has 3 aromatic rings. The predicted molar refractivity (Wildman–Crippen MR) is 109 cm³/mol. The molecule has 1 aliphatic rings. The van der Waals surface area contributed by atoms with E-state index in [-0.39, 0.29) is 0 Å². The summed E-state index contributed by atoms with van der Waals surface area (Å²) in [6.07, 6.45) is 6.03. The van der Waals surface area contributed by atoms with Crippen molar-refractivity contribution in [3.8, 4) is 0 Å². The first-order valence-corrected chi connectivity index (χ1v) is 9.84. The molecule has 0 radical (unpaired) electrons. The third-order valence-electron chi connectivity index (χ3n) is 4.79. The Kier molecular flexibility index (Phi) is 4.99. The molecule has 0 bridgehead atoms. The van der Waals surface area contributed by atoms with E-state index >= 15 is 0 Å². The highest BCUT2D eigenvalue weighted by Gasteiger charge is 2.20. The number of nitrogens with zero attached hydrogens (tertiary/aromatic N) is 3. The lowest BCUT2D eigenvalue weighted by Gasteiger charge is -2.34. The predicted octanol–water partition coefficient (Wildman–Crippen LogP) is 4.16. The number of aromatic amines is 1. The van der Waals surface area contributed by atoms with Gasteiger partial charge in [-0.05, 0) is 62.0 Å². The number of piperidine rings is 1. The summed E-state index contributed by atoms with van der Waals surface area (Å²) in [5.74, 6) is 1.55. The van der Waals surface area contributed by atoms with Crippen LogP contribution in [0.2, 0.25) is 0 Å². The summed E-state index contributed by atoms with van der Waals surface area (Å²) in [5, 5.41) is 4.56. The van der Waals surface area contributed by atoms with Gasteiger partial charge < -0.3 is 15.2 Å². The number of anilines is 3. The van der Waals surface area contributed by atoms with E-state index in [0.717, 1.165) is 41.5 Å². The number of hydrogen-bond acceptors (Lipinski definition) is 6. The molecule has 1 fully saturated rings. The smallest absolute Gasteiger partial charge is 0.143 e. The number of fused-ring (bicyclic) bond motifs is 1. The van der Waals surface area contributed by atoms with Crippen LogP contribution in [0.25, 0.3) is 11.0 Å². The van der Waals surface area contributed by atoms with Crippen molar-refractivity contribution in [3.05, 3.63) is 36.8 Å². The Morgan fingerprint density at radius 2 is 2.19 bits per heavy atom. The minimum atomic E-state index is 0.721. The fraction of sp³-hybridized carbons (Fsp3) is 0.368. The van der Waals surface area contributed by atoms with Gasteiger partial charge in [0, 0.05) is 24.2 Å². The second-order valence-electron chi connectivity index (χ2n) is 6.77. The van der Waals surface area contributed by atoms with Gasteiger partial charge in [0.1, 0.15) is 17.8 Å². The van der Waals surface area contributed by atoms with Crippen LogP contribution in [0.4, 0.5) is 17.2 Å². The maximum atomic E-state index is 4.47. The van der Waals surface area contributed by atoms with Crippen molar-refractivity contribution >= 4 is 40.2 Å². The van der Waals surface area contributed by atoms with Crippen LogP contribution in [0.15, 0.2) is 41.7 Å². The third kappa shape index (κ3) is 3.50. The number of hydrogen-bond donors (Lipinski definition) is 3. The van der Waals surface area contributed by atoms with Crippen LogP contribution in [0, 0.1) is 5.92 Å². The number of aromatic nitrogens is 3. The van der Waals surface area contributed by atoms with Crippen LogP contribution in [-0.4, -0.2) is 35.1 Å².